The molecule has 3 nitrogen and oxygen atoms in total. The lowest BCUT2D eigenvalue weighted by molar-refractivity contribution is 0.172. The number of nitrogens with one attached hydrogen (secondary N) is 1. The Hall–Kier alpha value is -1.29. The molecule has 1 N–H and O–H groups in total. The monoisotopic (exact) mass is 251 g/mol. The first-order valence-electron chi connectivity index (χ1n) is 6.39. The van der Waals surface area contributed by atoms with Crippen molar-refractivity contribution in [3.63, 3.8) is 0 Å². The maximum absolute atomic E-state index is 14.1. The molecule has 0 spiro atoms. The molecule has 0 aromatic heterocycles. The molecule has 1 saturated heterocycles. The molecule has 1 aromatic rings. The molecule has 0 aliphatic carbocycles. The standard InChI is InChI=1S/C14H18FNO2/c1-14(2,15)10-5-11(9-3-4-16-7-9)13-12(6-10)17-8-18-13/h5-6,9,16H,3-4,7-8H2,1-2H3. The van der Waals surface area contributed by atoms with Gasteiger partial charge in [0.25, 0.3) is 0 Å². The van der Waals surface area contributed by atoms with E-state index in [4.69, 9.17) is 9.47 Å². The Bertz CT molecular complexity index is 462. The molecule has 1 unspecified atom stereocenters. The number of hydrogen-bond donors (Lipinski definition) is 1. The Morgan fingerprint density at radius 3 is 2.83 bits per heavy atom. The van der Waals surface area contributed by atoms with Gasteiger partial charge in [0.2, 0.25) is 6.79 Å². The largest absolute Gasteiger partial charge is 0.454 e. The summed E-state index contributed by atoms with van der Waals surface area (Å²) in [4.78, 5) is 0. The molecule has 2 heterocycles. The van der Waals surface area contributed by atoms with Crippen LogP contribution in [0.15, 0.2) is 12.1 Å². The zero-order valence-corrected chi connectivity index (χ0v) is 10.8. The van der Waals surface area contributed by atoms with Crippen LogP contribution in [0.2, 0.25) is 0 Å². The van der Waals surface area contributed by atoms with Gasteiger partial charge >= 0.3 is 0 Å². The van der Waals surface area contributed by atoms with Gasteiger partial charge in [0.05, 0.1) is 0 Å². The highest BCUT2D eigenvalue weighted by Crippen LogP contribution is 2.44. The molecular formula is C14H18FNO2. The number of ether oxygens (including phenoxy) is 2. The van der Waals surface area contributed by atoms with Crippen molar-refractivity contribution in [1.29, 1.82) is 0 Å². The SMILES string of the molecule is CC(C)(F)c1cc2c(c(C3CCNC3)c1)OCO2. The van der Waals surface area contributed by atoms with E-state index in [0.717, 1.165) is 30.8 Å². The Labute approximate surface area is 106 Å². The molecule has 2 aliphatic heterocycles. The number of halogens is 1. The highest BCUT2D eigenvalue weighted by atomic mass is 19.1. The number of benzene rings is 1. The first-order chi connectivity index (χ1) is 8.55. The van der Waals surface area contributed by atoms with Crippen LogP contribution in [0.5, 0.6) is 11.5 Å². The lowest BCUT2D eigenvalue weighted by Crippen LogP contribution is -2.12. The fourth-order valence-corrected chi connectivity index (χ4v) is 2.60. The number of rotatable bonds is 2. The van der Waals surface area contributed by atoms with E-state index in [-0.39, 0.29) is 6.79 Å². The van der Waals surface area contributed by atoms with E-state index in [0.29, 0.717) is 17.2 Å². The van der Waals surface area contributed by atoms with Crippen LogP contribution < -0.4 is 14.8 Å². The van der Waals surface area contributed by atoms with E-state index < -0.39 is 5.67 Å². The molecule has 0 radical (unpaired) electrons. The van der Waals surface area contributed by atoms with Gasteiger partial charge in [0, 0.05) is 18.0 Å². The fraction of sp³-hybridized carbons (Fsp3) is 0.571. The Kier molecular flexibility index (Phi) is 2.70. The lowest BCUT2D eigenvalue weighted by atomic mass is 9.91. The Balaban J connectivity index is 2.08. The van der Waals surface area contributed by atoms with Crippen molar-refractivity contribution >= 4 is 0 Å². The van der Waals surface area contributed by atoms with Gasteiger partial charge in [0.1, 0.15) is 5.67 Å². The summed E-state index contributed by atoms with van der Waals surface area (Å²) in [5.41, 5.74) is 0.381. The van der Waals surface area contributed by atoms with Crippen LogP contribution in [0, 0.1) is 0 Å². The third kappa shape index (κ3) is 1.94. The number of hydrogen-bond acceptors (Lipinski definition) is 3. The van der Waals surface area contributed by atoms with Crippen molar-refractivity contribution in [1.82, 2.24) is 5.32 Å². The Morgan fingerprint density at radius 1 is 1.33 bits per heavy atom. The van der Waals surface area contributed by atoms with Crippen LogP contribution in [0.4, 0.5) is 4.39 Å². The second-order valence-corrected chi connectivity index (χ2v) is 5.46. The van der Waals surface area contributed by atoms with E-state index >= 15 is 0 Å². The van der Waals surface area contributed by atoms with E-state index in [1.165, 1.54) is 0 Å². The predicted octanol–water partition coefficient (Wildman–Crippen LogP) is 2.70. The summed E-state index contributed by atoms with van der Waals surface area (Å²) in [5, 5.41) is 3.33. The third-order valence-electron chi connectivity index (χ3n) is 3.69. The van der Waals surface area contributed by atoms with Crippen molar-refractivity contribution in [3.05, 3.63) is 23.3 Å². The summed E-state index contributed by atoms with van der Waals surface area (Å²) in [6.07, 6.45) is 1.06. The summed E-state index contributed by atoms with van der Waals surface area (Å²) < 4.78 is 25.1. The summed E-state index contributed by atoms with van der Waals surface area (Å²) in [6.45, 7) is 5.30. The molecule has 3 rings (SSSR count). The topological polar surface area (TPSA) is 30.5 Å². The highest BCUT2D eigenvalue weighted by molar-refractivity contribution is 5.53. The first kappa shape index (κ1) is 11.8. The molecule has 0 amide bonds. The van der Waals surface area contributed by atoms with Gasteiger partial charge < -0.3 is 14.8 Å². The van der Waals surface area contributed by atoms with Gasteiger partial charge in [-0.25, -0.2) is 4.39 Å². The van der Waals surface area contributed by atoms with E-state index in [9.17, 15) is 4.39 Å². The van der Waals surface area contributed by atoms with Gasteiger partial charge in [-0.1, -0.05) is 0 Å². The summed E-state index contributed by atoms with van der Waals surface area (Å²) in [7, 11) is 0. The van der Waals surface area contributed by atoms with Crippen molar-refractivity contribution in [3.8, 4) is 11.5 Å². The highest BCUT2D eigenvalue weighted by Gasteiger charge is 2.30. The molecule has 0 bridgehead atoms. The third-order valence-corrected chi connectivity index (χ3v) is 3.69. The molecule has 0 saturated carbocycles. The van der Waals surface area contributed by atoms with Crippen molar-refractivity contribution in [2.75, 3.05) is 19.9 Å². The van der Waals surface area contributed by atoms with E-state index in [2.05, 4.69) is 5.32 Å². The van der Waals surface area contributed by atoms with Crippen LogP contribution in [-0.2, 0) is 5.67 Å². The smallest absolute Gasteiger partial charge is 0.231 e. The molecule has 2 aliphatic rings. The second kappa shape index (κ2) is 4.12. The van der Waals surface area contributed by atoms with E-state index in [1.54, 1.807) is 19.9 Å². The quantitative estimate of drug-likeness (QED) is 0.876. The lowest BCUT2D eigenvalue weighted by Gasteiger charge is -2.19. The maximum atomic E-state index is 14.1. The van der Waals surface area contributed by atoms with Crippen molar-refractivity contribution < 1.29 is 13.9 Å². The van der Waals surface area contributed by atoms with Crippen LogP contribution in [0.3, 0.4) is 0 Å². The average Bonchev–Trinajstić information content (AvgIpc) is 2.97. The van der Waals surface area contributed by atoms with Crippen molar-refractivity contribution in [2.24, 2.45) is 0 Å². The normalized spacial score (nSPS) is 22.5. The molecule has 4 heteroatoms. The van der Waals surface area contributed by atoms with Crippen LogP contribution >= 0.6 is 0 Å². The number of alkyl halides is 1. The van der Waals surface area contributed by atoms with Crippen molar-refractivity contribution in [2.45, 2.75) is 31.9 Å². The van der Waals surface area contributed by atoms with Gasteiger partial charge in [-0.2, -0.15) is 0 Å². The van der Waals surface area contributed by atoms with Crippen LogP contribution in [0.25, 0.3) is 0 Å². The van der Waals surface area contributed by atoms with Crippen LogP contribution in [-0.4, -0.2) is 19.9 Å². The first-order valence-corrected chi connectivity index (χ1v) is 6.39. The zero-order chi connectivity index (χ0) is 12.8. The van der Waals surface area contributed by atoms with E-state index in [1.807, 2.05) is 6.07 Å². The summed E-state index contributed by atoms with van der Waals surface area (Å²) >= 11 is 0. The molecule has 98 valence electrons. The summed E-state index contributed by atoms with van der Waals surface area (Å²) in [6, 6.07) is 3.69. The molecule has 1 fully saturated rings. The van der Waals surface area contributed by atoms with Gasteiger partial charge in [-0.3, -0.25) is 0 Å². The molecule has 1 atom stereocenters. The molecular weight excluding hydrogens is 233 g/mol. The predicted molar refractivity (Wildman–Crippen MR) is 66.9 cm³/mol. The number of fused-ring (bicyclic) bond motifs is 1. The van der Waals surface area contributed by atoms with Gasteiger partial charge in [0.15, 0.2) is 11.5 Å². The second-order valence-electron chi connectivity index (χ2n) is 5.46. The minimum absolute atomic E-state index is 0.235. The van der Waals surface area contributed by atoms with Crippen LogP contribution in [0.1, 0.15) is 37.3 Å². The minimum atomic E-state index is -1.36. The fourth-order valence-electron chi connectivity index (χ4n) is 2.60. The average molecular weight is 251 g/mol. The summed E-state index contributed by atoms with van der Waals surface area (Å²) in [5.74, 6) is 1.87. The molecule has 18 heavy (non-hydrogen) atoms. The minimum Gasteiger partial charge on any atom is -0.454 e. The molecule has 1 aromatic carbocycles. The Morgan fingerprint density at radius 2 is 2.17 bits per heavy atom. The maximum Gasteiger partial charge on any atom is 0.231 e. The van der Waals surface area contributed by atoms with Gasteiger partial charge in [-0.15, -0.1) is 0 Å². The zero-order valence-electron chi connectivity index (χ0n) is 10.8. The van der Waals surface area contributed by atoms with Gasteiger partial charge in [-0.05, 0) is 44.5 Å².